The number of amides is 2. The molecule has 2 amide bonds. The largest absolute Gasteiger partial charge is 0.350 e. The van der Waals surface area contributed by atoms with Gasteiger partial charge in [0.2, 0.25) is 11.8 Å². The molecule has 1 N–H and O–H groups in total. The molecule has 3 rings (SSSR count). The van der Waals surface area contributed by atoms with E-state index in [4.69, 9.17) is 0 Å². The van der Waals surface area contributed by atoms with Gasteiger partial charge in [0.15, 0.2) is 0 Å². The second-order valence-corrected chi connectivity index (χ2v) is 12.7. The van der Waals surface area contributed by atoms with Crippen LogP contribution in [0.25, 0.3) is 0 Å². The molecular formula is C31H39N3O4S. The number of sulfonamides is 1. The van der Waals surface area contributed by atoms with Crippen LogP contribution in [0, 0.1) is 13.8 Å². The lowest BCUT2D eigenvalue weighted by atomic mass is 10.1. The van der Waals surface area contributed by atoms with Crippen molar-refractivity contribution >= 4 is 27.5 Å². The highest BCUT2D eigenvalue weighted by Crippen LogP contribution is 2.25. The predicted octanol–water partition coefficient (Wildman–Crippen LogP) is 5.22. The maximum absolute atomic E-state index is 14.1. The smallest absolute Gasteiger partial charge is 0.264 e. The van der Waals surface area contributed by atoms with Crippen molar-refractivity contribution in [1.29, 1.82) is 0 Å². The Morgan fingerprint density at radius 3 is 2.08 bits per heavy atom. The van der Waals surface area contributed by atoms with Crippen LogP contribution in [0.2, 0.25) is 0 Å². The van der Waals surface area contributed by atoms with Gasteiger partial charge in [0.1, 0.15) is 12.6 Å². The molecule has 1 atom stereocenters. The molecule has 39 heavy (non-hydrogen) atoms. The van der Waals surface area contributed by atoms with Crippen LogP contribution in [0.3, 0.4) is 0 Å². The quantitative estimate of drug-likeness (QED) is 0.376. The standard InChI is InChI=1S/C31H39N3O4S/c1-7-28(30(36)32-31(4,5)6)33(21-25-18-16-23(2)17-19-25)29(35)22-34(26-13-11-12-24(3)20-26)39(37,38)27-14-9-8-10-15-27/h8-20,28H,7,21-22H2,1-6H3,(H,32,36)/t28-/m1/s1. The van der Waals surface area contributed by atoms with Gasteiger partial charge >= 0.3 is 0 Å². The molecule has 3 aromatic rings. The molecule has 0 saturated heterocycles. The van der Waals surface area contributed by atoms with E-state index in [1.54, 1.807) is 36.4 Å². The van der Waals surface area contributed by atoms with Crippen LogP contribution in [0.5, 0.6) is 0 Å². The van der Waals surface area contributed by atoms with Crippen molar-refractivity contribution in [2.24, 2.45) is 0 Å². The molecule has 3 aromatic carbocycles. The summed E-state index contributed by atoms with van der Waals surface area (Å²) in [5.41, 5.74) is 2.68. The monoisotopic (exact) mass is 549 g/mol. The Kier molecular flexibility index (Phi) is 9.56. The zero-order valence-corrected chi connectivity index (χ0v) is 24.5. The molecule has 0 saturated carbocycles. The summed E-state index contributed by atoms with van der Waals surface area (Å²) < 4.78 is 28.8. The average molecular weight is 550 g/mol. The van der Waals surface area contributed by atoms with Crippen molar-refractivity contribution < 1.29 is 18.0 Å². The summed E-state index contributed by atoms with van der Waals surface area (Å²) in [7, 11) is -4.07. The topological polar surface area (TPSA) is 86.8 Å². The zero-order valence-electron chi connectivity index (χ0n) is 23.6. The van der Waals surface area contributed by atoms with Crippen LogP contribution in [0.4, 0.5) is 5.69 Å². The Balaban J connectivity index is 2.06. The molecule has 0 bridgehead atoms. The third-order valence-corrected chi connectivity index (χ3v) is 8.05. The molecule has 0 fully saturated rings. The Morgan fingerprint density at radius 2 is 1.51 bits per heavy atom. The van der Waals surface area contributed by atoms with Crippen LogP contribution in [0.1, 0.15) is 50.8 Å². The molecule has 0 aliphatic carbocycles. The predicted molar refractivity (Wildman–Crippen MR) is 156 cm³/mol. The van der Waals surface area contributed by atoms with E-state index in [0.717, 1.165) is 21.0 Å². The molecule has 0 aliphatic heterocycles. The Bertz CT molecular complexity index is 1380. The van der Waals surface area contributed by atoms with Gasteiger partial charge in [0.25, 0.3) is 10.0 Å². The number of carbonyl (C=O) groups is 2. The molecule has 0 heterocycles. The highest BCUT2D eigenvalue weighted by molar-refractivity contribution is 7.92. The van der Waals surface area contributed by atoms with Gasteiger partial charge < -0.3 is 10.2 Å². The van der Waals surface area contributed by atoms with Gasteiger partial charge in [-0.15, -0.1) is 0 Å². The molecular weight excluding hydrogens is 510 g/mol. The zero-order chi connectivity index (χ0) is 28.8. The second-order valence-electron chi connectivity index (χ2n) is 10.8. The van der Waals surface area contributed by atoms with Gasteiger partial charge in [0.05, 0.1) is 10.6 Å². The maximum Gasteiger partial charge on any atom is 0.264 e. The van der Waals surface area contributed by atoms with Gasteiger partial charge in [-0.3, -0.25) is 13.9 Å². The number of aryl methyl sites for hydroxylation is 2. The van der Waals surface area contributed by atoms with Gasteiger partial charge in [-0.25, -0.2) is 8.42 Å². The third-order valence-electron chi connectivity index (χ3n) is 6.26. The van der Waals surface area contributed by atoms with E-state index in [2.05, 4.69) is 5.32 Å². The molecule has 7 nitrogen and oxygen atoms in total. The number of benzene rings is 3. The van der Waals surface area contributed by atoms with Crippen molar-refractivity contribution in [2.45, 2.75) is 71.0 Å². The van der Waals surface area contributed by atoms with E-state index in [1.165, 1.54) is 17.0 Å². The molecule has 208 valence electrons. The first kappa shape index (κ1) is 29.9. The summed E-state index contributed by atoms with van der Waals surface area (Å²) in [6.07, 6.45) is 0.370. The number of hydrogen-bond donors (Lipinski definition) is 1. The fraction of sp³-hybridized carbons (Fsp3) is 0.355. The number of rotatable bonds is 10. The minimum absolute atomic E-state index is 0.0851. The fourth-order valence-corrected chi connectivity index (χ4v) is 5.72. The lowest BCUT2D eigenvalue weighted by Crippen LogP contribution is -2.55. The van der Waals surface area contributed by atoms with Crippen molar-refractivity contribution in [3.05, 3.63) is 95.6 Å². The molecule has 0 radical (unpaired) electrons. The number of nitrogens with one attached hydrogen (secondary N) is 1. The summed E-state index contributed by atoms with van der Waals surface area (Å²) in [4.78, 5) is 29.0. The highest BCUT2D eigenvalue weighted by Gasteiger charge is 2.34. The summed E-state index contributed by atoms with van der Waals surface area (Å²) >= 11 is 0. The summed E-state index contributed by atoms with van der Waals surface area (Å²) in [6.45, 7) is 11.1. The minimum Gasteiger partial charge on any atom is -0.350 e. The molecule has 8 heteroatoms. The van der Waals surface area contributed by atoms with Crippen LogP contribution in [-0.4, -0.2) is 43.3 Å². The minimum atomic E-state index is -4.07. The summed E-state index contributed by atoms with van der Waals surface area (Å²) in [5, 5.41) is 2.98. The molecule has 0 aliphatic rings. The highest BCUT2D eigenvalue weighted by atomic mass is 32.2. The van der Waals surface area contributed by atoms with E-state index in [-0.39, 0.29) is 17.3 Å². The van der Waals surface area contributed by atoms with Gasteiger partial charge in [0, 0.05) is 12.1 Å². The maximum atomic E-state index is 14.1. The summed E-state index contributed by atoms with van der Waals surface area (Å²) in [6, 6.07) is 22.1. The normalized spacial score (nSPS) is 12.5. The first-order valence-corrected chi connectivity index (χ1v) is 14.6. The van der Waals surface area contributed by atoms with E-state index < -0.39 is 34.1 Å². The van der Waals surface area contributed by atoms with Crippen LogP contribution >= 0.6 is 0 Å². The fourth-order valence-electron chi connectivity index (χ4n) is 4.29. The van der Waals surface area contributed by atoms with E-state index in [9.17, 15) is 18.0 Å². The van der Waals surface area contributed by atoms with E-state index >= 15 is 0 Å². The first-order valence-electron chi connectivity index (χ1n) is 13.1. The van der Waals surface area contributed by atoms with Crippen molar-refractivity contribution in [3.8, 4) is 0 Å². The van der Waals surface area contributed by atoms with E-state index in [0.29, 0.717) is 12.1 Å². The first-order chi connectivity index (χ1) is 18.3. The van der Waals surface area contributed by atoms with Crippen LogP contribution in [-0.2, 0) is 26.2 Å². The van der Waals surface area contributed by atoms with E-state index in [1.807, 2.05) is 71.9 Å². The Labute approximate surface area is 232 Å². The SMILES string of the molecule is CC[C@H](C(=O)NC(C)(C)C)N(Cc1ccc(C)cc1)C(=O)CN(c1cccc(C)c1)S(=O)(=O)c1ccccc1. The number of nitrogens with zero attached hydrogens (tertiary/aromatic N) is 2. The number of hydrogen-bond acceptors (Lipinski definition) is 4. The lowest BCUT2D eigenvalue weighted by Gasteiger charge is -2.34. The van der Waals surface area contributed by atoms with Crippen molar-refractivity contribution in [2.75, 3.05) is 10.8 Å². The average Bonchev–Trinajstić information content (AvgIpc) is 2.87. The second kappa shape index (κ2) is 12.5. The van der Waals surface area contributed by atoms with Crippen molar-refractivity contribution in [1.82, 2.24) is 10.2 Å². The lowest BCUT2D eigenvalue weighted by molar-refractivity contribution is -0.141. The van der Waals surface area contributed by atoms with Gasteiger partial charge in [-0.05, 0) is 76.4 Å². The van der Waals surface area contributed by atoms with Gasteiger partial charge in [-0.2, -0.15) is 0 Å². The molecule has 0 spiro atoms. The molecule has 0 aromatic heterocycles. The third kappa shape index (κ3) is 7.93. The number of carbonyl (C=O) groups excluding carboxylic acids is 2. The van der Waals surface area contributed by atoms with Crippen molar-refractivity contribution in [3.63, 3.8) is 0 Å². The van der Waals surface area contributed by atoms with Crippen LogP contribution in [0.15, 0.2) is 83.8 Å². The molecule has 0 unspecified atom stereocenters. The number of anilines is 1. The Morgan fingerprint density at radius 1 is 0.872 bits per heavy atom. The Hall–Kier alpha value is -3.65. The summed E-state index contributed by atoms with van der Waals surface area (Å²) in [5.74, 6) is -0.744. The van der Waals surface area contributed by atoms with Gasteiger partial charge in [-0.1, -0.05) is 67.1 Å². The van der Waals surface area contributed by atoms with Crippen LogP contribution < -0.4 is 9.62 Å².